The maximum Gasteiger partial charge on any atom is 0.251 e. The molecule has 2 aliphatic rings. The van der Waals surface area contributed by atoms with Crippen LogP contribution in [-0.4, -0.2) is 58.2 Å². The Morgan fingerprint density at radius 1 is 1.45 bits per heavy atom. The van der Waals surface area contributed by atoms with Crippen molar-refractivity contribution in [1.82, 2.24) is 4.90 Å². The molecule has 2 atom stereocenters. The summed E-state index contributed by atoms with van der Waals surface area (Å²) in [5.41, 5.74) is 5.81. The van der Waals surface area contributed by atoms with Crippen LogP contribution in [0.5, 0.6) is 0 Å². The van der Waals surface area contributed by atoms with E-state index in [2.05, 4.69) is 5.16 Å². The van der Waals surface area contributed by atoms with Gasteiger partial charge in [-0.05, 0) is 38.9 Å². The third-order valence-corrected chi connectivity index (χ3v) is 5.75. The van der Waals surface area contributed by atoms with Gasteiger partial charge >= 0.3 is 0 Å². The molecule has 0 radical (unpaired) electrons. The van der Waals surface area contributed by atoms with Crippen LogP contribution in [0.3, 0.4) is 0 Å². The van der Waals surface area contributed by atoms with Crippen molar-refractivity contribution in [2.75, 3.05) is 19.3 Å². The number of nitrogens with two attached hydrogens (primary N) is 1. The Morgan fingerprint density at radius 2 is 2.10 bits per heavy atom. The molecule has 7 heteroatoms. The van der Waals surface area contributed by atoms with Gasteiger partial charge in [-0.3, -0.25) is 4.79 Å². The van der Waals surface area contributed by atoms with Gasteiger partial charge in [0.05, 0.1) is 10.9 Å². The molecule has 2 aliphatic heterocycles. The molecular formula is C13H23N3O3S. The van der Waals surface area contributed by atoms with Gasteiger partial charge < -0.3 is 20.6 Å². The van der Waals surface area contributed by atoms with Gasteiger partial charge in [0.1, 0.15) is 6.10 Å². The van der Waals surface area contributed by atoms with Crippen LogP contribution < -0.4 is 5.73 Å². The Bertz CT molecular complexity index is 394. The molecule has 0 aromatic rings. The quantitative estimate of drug-likeness (QED) is 0.352. The first-order valence-corrected chi connectivity index (χ1v) is 8.22. The minimum Gasteiger partial charge on any atom is -0.409 e. The largest absolute Gasteiger partial charge is 0.409 e. The Hall–Kier alpha value is -0.950. The maximum absolute atomic E-state index is 12.4. The number of oxime groups is 1. The number of carbonyl (C=O) groups is 1. The third-order valence-electron chi connectivity index (χ3n) is 4.36. The fraction of sp³-hybridized carbons (Fsp3) is 0.846. The summed E-state index contributed by atoms with van der Waals surface area (Å²) in [6.07, 6.45) is 5.02. The van der Waals surface area contributed by atoms with Crippen LogP contribution in [0.4, 0.5) is 0 Å². The number of piperidine rings is 1. The number of amides is 1. The zero-order valence-corrected chi connectivity index (χ0v) is 12.9. The fourth-order valence-electron chi connectivity index (χ4n) is 2.93. The number of thioether (sulfide) groups is 1. The van der Waals surface area contributed by atoms with Crippen molar-refractivity contribution in [1.29, 1.82) is 0 Å². The molecule has 0 aromatic heterocycles. The van der Waals surface area contributed by atoms with Crippen LogP contribution in [0, 0.1) is 0 Å². The number of ether oxygens (including phenoxy) is 1. The van der Waals surface area contributed by atoms with Crippen LogP contribution in [0.15, 0.2) is 5.16 Å². The molecule has 2 fully saturated rings. The lowest BCUT2D eigenvalue weighted by Crippen LogP contribution is -2.53. The lowest BCUT2D eigenvalue weighted by atomic mass is 9.94. The second kappa shape index (κ2) is 6.22. The maximum atomic E-state index is 12.4. The van der Waals surface area contributed by atoms with E-state index in [1.807, 2.05) is 18.1 Å². The number of likely N-dealkylation sites (tertiary alicyclic amines) is 1. The third kappa shape index (κ3) is 2.88. The van der Waals surface area contributed by atoms with Crippen molar-refractivity contribution in [3.63, 3.8) is 0 Å². The molecule has 114 valence electrons. The molecule has 0 bridgehead atoms. The summed E-state index contributed by atoms with van der Waals surface area (Å²) in [7, 11) is 0. The zero-order chi connectivity index (χ0) is 14.8. The molecule has 0 spiro atoms. The first kappa shape index (κ1) is 15.4. The van der Waals surface area contributed by atoms with Gasteiger partial charge in [-0.25, -0.2) is 0 Å². The monoisotopic (exact) mass is 301 g/mol. The molecule has 0 aliphatic carbocycles. The van der Waals surface area contributed by atoms with Gasteiger partial charge in [-0.1, -0.05) is 5.16 Å². The van der Waals surface area contributed by atoms with E-state index in [0.29, 0.717) is 25.9 Å². The number of carbonyl (C=O) groups excluding carboxylic acids is 1. The van der Waals surface area contributed by atoms with E-state index in [-0.39, 0.29) is 28.7 Å². The van der Waals surface area contributed by atoms with Gasteiger partial charge in [-0.15, -0.1) is 0 Å². The summed E-state index contributed by atoms with van der Waals surface area (Å²) in [5, 5.41) is 12.1. The molecule has 3 N–H and O–H groups in total. The lowest BCUT2D eigenvalue weighted by Gasteiger charge is -2.40. The highest BCUT2D eigenvalue weighted by Gasteiger charge is 2.41. The van der Waals surface area contributed by atoms with Crippen LogP contribution in [0.2, 0.25) is 0 Å². The first-order valence-electron chi connectivity index (χ1n) is 7.00. The van der Waals surface area contributed by atoms with Crippen LogP contribution in [-0.2, 0) is 9.53 Å². The summed E-state index contributed by atoms with van der Waals surface area (Å²) in [6, 6.07) is 0. The van der Waals surface area contributed by atoms with Gasteiger partial charge in [0.2, 0.25) is 0 Å². The summed E-state index contributed by atoms with van der Waals surface area (Å²) in [4.78, 5) is 14.2. The van der Waals surface area contributed by atoms with E-state index in [0.717, 1.165) is 12.8 Å². The molecule has 2 heterocycles. The van der Waals surface area contributed by atoms with Crippen molar-refractivity contribution in [3.8, 4) is 0 Å². The zero-order valence-electron chi connectivity index (χ0n) is 12.0. The van der Waals surface area contributed by atoms with E-state index < -0.39 is 0 Å². The molecular weight excluding hydrogens is 278 g/mol. The van der Waals surface area contributed by atoms with E-state index in [9.17, 15) is 4.79 Å². The SMILES string of the molecule is CSC1(C(N)=NO)CCN(C(=O)C2CCC(C)O2)CC1. The average Bonchev–Trinajstić information content (AvgIpc) is 2.92. The number of hydrogen-bond donors (Lipinski definition) is 2. The summed E-state index contributed by atoms with van der Waals surface area (Å²) < 4.78 is 5.29. The number of rotatable bonds is 3. The fourth-order valence-corrected chi connectivity index (χ4v) is 3.77. The highest BCUT2D eigenvalue weighted by Crippen LogP contribution is 2.35. The van der Waals surface area contributed by atoms with Crippen molar-refractivity contribution < 1.29 is 14.7 Å². The van der Waals surface area contributed by atoms with Crippen molar-refractivity contribution in [2.45, 2.75) is 49.6 Å². The normalized spacial score (nSPS) is 30.5. The summed E-state index contributed by atoms with van der Waals surface area (Å²) >= 11 is 1.59. The highest BCUT2D eigenvalue weighted by atomic mass is 32.2. The molecule has 2 saturated heterocycles. The Kier molecular flexibility index (Phi) is 4.80. The van der Waals surface area contributed by atoms with E-state index in [1.54, 1.807) is 11.8 Å². The smallest absolute Gasteiger partial charge is 0.251 e. The van der Waals surface area contributed by atoms with Crippen molar-refractivity contribution >= 4 is 23.5 Å². The molecule has 2 unspecified atom stereocenters. The van der Waals surface area contributed by atoms with Crippen LogP contribution in [0.25, 0.3) is 0 Å². The van der Waals surface area contributed by atoms with Gasteiger partial charge in [0.25, 0.3) is 5.91 Å². The molecule has 20 heavy (non-hydrogen) atoms. The van der Waals surface area contributed by atoms with Crippen LogP contribution >= 0.6 is 11.8 Å². The predicted octanol–water partition coefficient (Wildman–Crippen LogP) is 1.02. The Morgan fingerprint density at radius 3 is 2.55 bits per heavy atom. The van der Waals surface area contributed by atoms with Gasteiger partial charge in [0.15, 0.2) is 5.84 Å². The summed E-state index contributed by atoms with van der Waals surface area (Å²) in [5.74, 6) is 0.339. The minimum atomic E-state index is -0.352. The average molecular weight is 301 g/mol. The lowest BCUT2D eigenvalue weighted by molar-refractivity contribution is -0.143. The number of hydrogen-bond acceptors (Lipinski definition) is 5. The van der Waals surface area contributed by atoms with Crippen molar-refractivity contribution in [3.05, 3.63) is 0 Å². The molecule has 0 aromatic carbocycles. The molecule has 0 saturated carbocycles. The van der Waals surface area contributed by atoms with Gasteiger partial charge in [0, 0.05) is 13.1 Å². The van der Waals surface area contributed by atoms with Gasteiger partial charge in [-0.2, -0.15) is 11.8 Å². The van der Waals surface area contributed by atoms with E-state index in [4.69, 9.17) is 15.7 Å². The second-order valence-electron chi connectivity index (χ2n) is 5.52. The minimum absolute atomic E-state index is 0.0866. The highest BCUT2D eigenvalue weighted by molar-refractivity contribution is 8.00. The number of amidine groups is 1. The predicted molar refractivity (Wildman–Crippen MR) is 79.0 cm³/mol. The topological polar surface area (TPSA) is 88.2 Å². The molecule has 6 nitrogen and oxygen atoms in total. The Balaban J connectivity index is 1.95. The standard InChI is InChI=1S/C13H23N3O3S/c1-9-3-4-10(19-9)11(17)16-7-5-13(20-2,6-8-16)12(14)15-18/h9-10,18H,3-8H2,1-2H3,(H2,14,15). The summed E-state index contributed by atoms with van der Waals surface area (Å²) in [6.45, 7) is 3.26. The molecule has 1 amide bonds. The molecule has 2 rings (SSSR count). The van der Waals surface area contributed by atoms with Crippen LogP contribution in [0.1, 0.15) is 32.6 Å². The van der Waals surface area contributed by atoms with E-state index >= 15 is 0 Å². The first-order chi connectivity index (χ1) is 9.52. The number of nitrogens with zero attached hydrogens (tertiary/aromatic N) is 2. The Labute approximate surface area is 123 Å². The van der Waals surface area contributed by atoms with E-state index in [1.165, 1.54) is 0 Å². The second-order valence-corrected chi connectivity index (χ2v) is 6.71. The van der Waals surface area contributed by atoms with Crippen molar-refractivity contribution in [2.24, 2.45) is 10.9 Å².